The van der Waals surface area contributed by atoms with Gasteiger partial charge in [-0.15, -0.1) is 0 Å². The minimum absolute atomic E-state index is 0.149. The molecule has 0 aliphatic rings. The van der Waals surface area contributed by atoms with Gasteiger partial charge >= 0.3 is 5.69 Å². The molecule has 1 aromatic carbocycles. The highest BCUT2D eigenvalue weighted by Crippen LogP contribution is 2.24. The lowest BCUT2D eigenvalue weighted by molar-refractivity contribution is -0.384. The zero-order chi connectivity index (χ0) is 14.5. The number of pyridine rings is 1. The Bertz CT molecular complexity index is 637. The van der Waals surface area contributed by atoms with Gasteiger partial charge in [0.2, 0.25) is 5.82 Å². The highest BCUT2D eigenvalue weighted by Gasteiger charge is 2.15. The molecule has 0 saturated carbocycles. The lowest BCUT2D eigenvalue weighted by Gasteiger charge is -2.06. The molecule has 0 saturated heterocycles. The lowest BCUT2D eigenvalue weighted by Crippen LogP contribution is -2.08. The summed E-state index contributed by atoms with van der Waals surface area (Å²) in [4.78, 5) is 14.2. The average molecular weight is 296 g/mol. The average Bonchev–Trinajstić information content (AvgIpc) is 2.40. The van der Waals surface area contributed by atoms with E-state index >= 15 is 0 Å². The van der Waals surface area contributed by atoms with Crippen LogP contribution in [0, 0.1) is 15.9 Å². The van der Waals surface area contributed by atoms with E-state index in [1.54, 1.807) is 12.1 Å². The maximum absolute atomic E-state index is 13.0. The van der Waals surface area contributed by atoms with Crippen LogP contribution in [0.4, 0.5) is 15.9 Å². The summed E-state index contributed by atoms with van der Waals surface area (Å²) in [6.45, 7) is 0.402. The largest absolute Gasteiger partial charge is 0.364 e. The van der Waals surface area contributed by atoms with Crippen molar-refractivity contribution >= 4 is 23.1 Å². The minimum atomic E-state index is -0.552. The standard InChI is InChI=1S/C13H11ClFN3O2/c14-10-7-12(18(19)20)13(17-8-10)16-5-4-9-2-1-3-11(15)6-9/h1-3,6-8H,4-5H2,(H,16,17). The third-order valence-electron chi connectivity index (χ3n) is 2.63. The van der Waals surface area contributed by atoms with E-state index in [9.17, 15) is 14.5 Å². The van der Waals surface area contributed by atoms with Crippen molar-refractivity contribution in [2.24, 2.45) is 0 Å². The molecule has 0 aliphatic carbocycles. The Hall–Kier alpha value is -2.21. The third-order valence-corrected chi connectivity index (χ3v) is 2.83. The molecule has 1 N–H and O–H groups in total. The molecule has 1 aromatic heterocycles. The number of rotatable bonds is 5. The molecule has 2 rings (SSSR count). The van der Waals surface area contributed by atoms with E-state index in [0.29, 0.717) is 13.0 Å². The van der Waals surface area contributed by atoms with Gasteiger partial charge in [0.15, 0.2) is 0 Å². The normalized spacial score (nSPS) is 10.3. The molecular weight excluding hydrogens is 285 g/mol. The molecular formula is C13H11ClFN3O2. The summed E-state index contributed by atoms with van der Waals surface area (Å²) in [6.07, 6.45) is 1.86. The van der Waals surface area contributed by atoms with E-state index in [1.807, 2.05) is 0 Å². The molecule has 0 spiro atoms. The molecule has 2 aromatic rings. The zero-order valence-corrected chi connectivity index (χ0v) is 11.1. The van der Waals surface area contributed by atoms with Crippen molar-refractivity contribution in [3.63, 3.8) is 0 Å². The quantitative estimate of drug-likeness (QED) is 0.678. The van der Waals surface area contributed by atoms with E-state index in [-0.39, 0.29) is 22.3 Å². The minimum Gasteiger partial charge on any atom is -0.364 e. The van der Waals surface area contributed by atoms with Crippen LogP contribution in [-0.2, 0) is 6.42 Å². The van der Waals surface area contributed by atoms with Gasteiger partial charge in [0.05, 0.1) is 9.95 Å². The number of nitro groups is 1. The molecule has 7 heteroatoms. The van der Waals surface area contributed by atoms with Gasteiger partial charge in [0, 0.05) is 18.8 Å². The third kappa shape index (κ3) is 3.64. The molecule has 20 heavy (non-hydrogen) atoms. The summed E-state index contributed by atoms with van der Waals surface area (Å²) < 4.78 is 13.0. The topological polar surface area (TPSA) is 68.1 Å². The van der Waals surface area contributed by atoms with Gasteiger partial charge in [-0.3, -0.25) is 10.1 Å². The van der Waals surface area contributed by atoms with Gasteiger partial charge in [0.1, 0.15) is 5.82 Å². The molecule has 0 fully saturated rings. The van der Waals surface area contributed by atoms with Gasteiger partial charge in [-0.1, -0.05) is 23.7 Å². The Morgan fingerprint density at radius 3 is 2.90 bits per heavy atom. The number of anilines is 1. The fourth-order valence-electron chi connectivity index (χ4n) is 1.72. The number of halogens is 2. The number of hydrogen-bond donors (Lipinski definition) is 1. The van der Waals surface area contributed by atoms with E-state index in [4.69, 9.17) is 11.6 Å². The van der Waals surface area contributed by atoms with Crippen molar-refractivity contribution in [2.75, 3.05) is 11.9 Å². The number of hydrogen-bond acceptors (Lipinski definition) is 4. The Balaban J connectivity index is 2.02. The number of aromatic nitrogens is 1. The van der Waals surface area contributed by atoms with Gasteiger partial charge in [-0.2, -0.15) is 0 Å². The highest BCUT2D eigenvalue weighted by atomic mass is 35.5. The smallest absolute Gasteiger partial charge is 0.312 e. The van der Waals surface area contributed by atoms with Crippen molar-refractivity contribution in [2.45, 2.75) is 6.42 Å². The van der Waals surface area contributed by atoms with Gasteiger partial charge < -0.3 is 5.32 Å². The summed E-state index contributed by atoms with van der Waals surface area (Å²) >= 11 is 5.67. The predicted molar refractivity (Wildman–Crippen MR) is 74.5 cm³/mol. The van der Waals surface area contributed by atoms with E-state index in [1.165, 1.54) is 24.4 Å². The number of nitrogens with one attached hydrogen (secondary N) is 1. The predicted octanol–water partition coefficient (Wildman–Crippen LogP) is 3.44. The van der Waals surface area contributed by atoms with Gasteiger partial charge in [0.25, 0.3) is 0 Å². The SMILES string of the molecule is O=[N+]([O-])c1cc(Cl)cnc1NCCc1cccc(F)c1. The maximum Gasteiger partial charge on any atom is 0.312 e. The van der Waals surface area contributed by atoms with E-state index in [0.717, 1.165) is 5.56 Å². The first kappa shape index (κ1) is 14.2. The number of nitrogens with zero attached hydrogens (tertiary/aromatic N) is 2. The van der Waals surface area contributed by atoms with Crippen LogP contribution in [0.15, 0.2) is 36.5 Å². The molecule has 104 valence electrons. The van der Waals surface area contributed by atoms with Crippen LogP contribution in [0.2, 0.25) is 5.02 Å². The van der Waals surface area contributed by atoms with Crippen LogP contribution in [0.25, 0.3) is 0 Å². The van der Waals surface area contributed by atoms with Crippen LogP contribution in [0.5, 0.6) is 0 Å². The van der Waals surface area contributed by atoms with Gasteiger partial charge in [-0.25, -0.2) is 9.37 Å². The Kier molecular flexibility index (Phi) is 4.47. The van der Waals surface area contributed by atoms with E-state index < -0.39 is 4.92 Å². The fourth-order valence-corrected chi connectivity index (χ4v) is 1.87. The molecule has 0 radical (unpaired) electrons. The second kappa shape index (κ2) is 6.29. The summed E-state index contributed by atoms with van der Waals surface area (Å²) in [5.74, 6) is -0.158. The summed E-state index contributed by atoms with van der Waals surface area (Å²) in [7, 11) is 0. The first-order chi connectivity index (χ1) is 9.56. The van der Waals surface area contributed by atoms with Crippen LogP contribution in [-0.4, -0.2) is 16.5 Å². The first-order valence-electron chi connectivity index (χ1n) is 5.84. The summed E-state index contributed by atoms with van der Waals surface area (Å²) in [5, 5.41) is 13.9. The van der Waals surface area contributed by atoms with Crippen LogP contribution in [0.3, 0.4) is 0 Å². The van der Waals surface area contributed by atoms with Crippen LogP contribution >= 0.6 is 11.6 Å². The molecule has 1 heterocycles. The fraction of sp³-hybridized carbons (Fsp3) is 0.154. The van der Waals surface area contributed by atoms with Crippen LogP contribution < -0.4 is 5.32 Å². The molecule has 0 atom stereocenters. The second-order valence-electron chi connectivity index (χ2n) is 4.09. The van der Waals surface area contributed by atoms with Crippen molar-refractivity contribution in [3.05, 3.63) is 63.0 Å². The van der Waals surface area contributed by atoms with Crippen molar-refractivity contribution in [3.8, 4) is 0 Å². The zero-order valence-electron chi connectivity index (χ0n) is 10.3. The Labute approximate surface area is 119 Å². The van der Waals surface area contributed by atoms with Crippen molar-refractivity contribution < 1.29 is 9.31 Å². The Morgan fingerprint density at radius 1 is 1.40 bits per heavy atom. The van der Waals surface area contributed by atoms with Crippen molar-refractivity contribution in [1.29, 1.82) is 0 Å². The maximum atomic E-state index is 13.0. The highest BCUT2D eigenvalue weighted by molar-refractivity contribution is 6.30. The van der Waals surface area contributed by atoms with Crippen LogP contribution in [0.1, 0.15) is 5.56 Å². The molecule has 0 bridgehead atoms. The molecule has 5 nitrogen and oxygen atoms in total. The van der Waals surface area contributed by atoms with Crippen molar-refractivity contribution in [1.82, 2.24) is 4.98 Å². The number of benzene rings is 1. The first-order valence-corrected chi connectivity index (χ1v) is 6.22. The molecule has 0 unspecified atom stereocenters. The second-order valence-corrected chi connectivity index (χ2v) is 4.52. The van der Waals surface area contributed by atoms with E-state index in [2.05, 4.69) is 10.3 Å². The molecule has 0 amide bonds. The monoisotopic (exact) mass is 295 g/mol. The van der Waals surface area contributed by atoms with Gasteiger partial charge in [-0.05, 0) is 24.1 Å². The molecule has 0 aliphatic heterocycles. The summed E-state index contributed by atoms with van der Waals surface area (Å²) in [6, 6.07) is 7.43. The lowest BCUT2D eigenvalue weighted by atomic mass is 10.1. The Morgan fingerprint density at radius 2 is 2.20 bits per heavy atom. The summed E-state index contributed by atoms with van der Waals surface area (Å²) in [5.41, 5.74) is 0.617.